The Balaban J connectivity index is 1.14. The van der Waals surface area contributed by atoms with Crippen molar-refractivity contribution in [3.05, 3.63) is 24.7 Å². The van der Waals surface area contributed by atoms with E-state index in [1.165, 1.54) is 0 Å². The number of piperazine rings is 1. The zero-order chi connectivity index (χ0) is 22.1. The van der Waals surface area contributed by atoms with E-state index < -0.39 is 17.7 Å². The summed E-state index contributed by atoms with van der Waals surface area (Å²) in [6, 6.07) is 1.72. The molecule has 12 heteroatoms. The number of halogens is 2. The van der Waals surface area contributed by atoms with Gasteiger partial charge in [-0.25, -0.2) is 13.8 Å². The normalized spacial score (nSPS) is 29.2. The van der Waals surface area contributed by atoms with Crippen LogP contribution < -0.4 is 10.2 Å². The molecule has 2 bridgehead atoms. The molecule has 2 aromatic heterocycles. The Morgan fingerprint density at radius 3 is 2.84 bits per heavy atom. The van der Waals surface area contributed by atoms with Crippen LogP contribution in [0, 0.1) is 5.92 Å². The molecule has 2 aliphatic heterocycles. The molecule has 170 valence electrons. The average molecular weight is 464 g/mol. The van der Waals surface area contributed by atoms with Crippen LogP contribution in [0.25, 0.3) is 0 Å². The van der Waals surface area contributed by atoms with Crippen LogP contribution in [-0.2, 0) is 10.3 Å². The third-order valence-corrected chi connectivity index (χ3v) is 8.12. The largest absolute Gasteiger partial charge is 0.394 e. The molecule has 6 rings (SSSR count). The van der Waals surface area contributed by atoms with E-state index in [2.05, 4.69) is 25.3 Å². The third kappa shape index (κ3) is 3.31. The van der Waals surface area contributed by atoms with Crippen molar-refractivity contribution in [2.24, 2.45) is 5.92 Å². The lowest BCUT2D eigenvalue weighted by atomic mass is 10.1. The van der Waals surface area contributed by atoms with Gasteiger partial charge in [0.05, 0.1) is 35.4 Å². The Hall–Kier alpha value is -2.47. The minimum atomic E-state index is -2.84. The van der Waals surface area contributed by atoms with Crippen LogP contribution in [0.3, 0.4) is 0 Å². The molecule has 2 aliphatic carbocycles. The number of nitrogens with one attached hydrogen (secondary N) is 1. The van der Waals surface area contributed by atoms with Crippen molar-refractivity contribution in [2.75, 3.05) is 35.7 Å². The summed E-state index contributed by atoms with van der Waals surface area (Å²) in [6.07, 6.45) is 6.68. The second-order valence-corrected chi connectivity index (χ2v) is 10.2. The maximum absolute atomic E-state index is 13.4. The first-order valence-corrected chi connectivity index (χ1v) is 11.8. The standard InChI is InChI=1S/C20H23F2N7O2S/c21-20(22)5-14(20)17(31)29-13-8-27(9-16(29)32-10-13)15-1-4-23-18(26-15)25-12-6-24-28(7-12)19(11-30)2-3-19/h1,4,6-7,13-14,16,30H,2-3,5,8-11H2,(H,23,25,26)/t13-,14+,16-/m1/s1. The number of amides is 1. The molecular weight excluding hydrogens is 440 g/mol. The Labute approximate surface area is 187 Å². The lowest BCUT2D eigenvalue weighted by molar-refractivity contribution is -0.137. The van der Waals surface area contributed by atoms with E-state index in [1.807, 2.05) is 12.3 Å². The van der Waals surface area contributed by atoms with Crippen LogP contribution in [-0.4, -0.2) is 78.4 Å². The monoisotopic (exact) mass is 463 g/mol. The molecule has 0 spiro atoms. The number of rotatable bonds is 6. The van der Waals surface area contributed by atoms with Crippen LogP contribution in [0.5, 0.6) is 0 Å². The number of hydrogen-bond donors (Lipinski definition) is 2. The SMILES string of the molecule is O=C([C@@H]1CC1(F)F)N1[C@H]2CS[C@@H]1CN(c1ccnc(Nc3cnn(C4(CO)CC4)c3)n1)C2. The molecule has 2 aromatic rings. The quantitative estimate of drug-likeness (QED) is 0.667. The van der Waals surface area contributed by atoms with Crippen LogP contribution in [0.4, 0.5) is 26.2 Å². The molecule has 0 unspecified atom stereocenters. The van der Waals surface area contributed by atoms with Gasteiger partial charge in [-0.3, -0.25) is 9.48 Å². The van der Waals surface area contributed by atoms with E-state index in [9.17, 15) is 18.7 Å². The first-order valence-electron chi connectivity index (χ1n) is 10.7. The van der Waals surface area contributed by atoms with Crippen molar-refractivity contribution in [1.82, 2.24) is 24.6 Å². The van der Waals surface area contributed by atoms with Crippen molar-refractivity contribution in [3.63, 3.8) is 0 Å². The highest BCUT2D eigenvalue weighted by Gasteiger charge is 2.64. The van der Waals surface area contributed by atoms with E-state index in [-0.39, 0.29) is 30.0 Å². The highest BCUT2D eigenvalue weighted by Crippen LogP contribution is 2.51. The van der Waals surface area contributed by atoms with Crippen molar-refractivity contribution in [2.45, 2.75) is 42.1 Å². The predicted molar refractivity (Wildman–Crippen MR) is 114 cm³/mol. The second kappa shape index (κ2) is 7.01. The zero-order valence-corrected chi connectivity index (χ0v) is 18.0. The topological polar surface area (TPSA) is 99.4 Å². The van der Waals surface area contributed by atoms with Gasteiger partial charge in [-0.15, -0.1) is 11.8 Å². The lowest BCUT2D eigenvalue weighted by Crippen LogP contribution is -2.57. The van der Waals surface area contributed by atoms with Gasteiger partial charge in [-0.1, -0.05) is 0 Å². The predicted octanol–water partition coefficient (Wildman–Crippen LogP) is 1.64. The van der Waals surface area contributed by atoms with Crippen LogP contribution in [0.1, 0.15) is 19.3 Å². The smallest absolute Gasteiger partial charge is 0.260 e. The van der Waals surface area contributed by atoms with Gasteiger partial charge in [0, 0.05) is 37.7 Å². The fraction of sp³-hybridized carbons (Fsp3) is 0.600. The summed E-state index contributed by atoms with van der Waals surface area (Å²) in [5.41, 5.74) is 0.458. The fourth-order valence-corrected chi connectivity index (χ4v) is 5.98. The van der Waals surface area contributed by atoms with Gasteiger partial charge in [-0.05, 0) is 18.9 Å². The third-order valence-electron chi connectivity index (χ3n) is 6.78. The molecule has 2 saturated heterocycles. The molecule has 2 saturated carbocycles. The Bertz CT molecular complexity index is 1050. The molecule has 4 aliphatic rings. The number of aliphatic hydroxyl groups is 1. The highest BCUT2D eigenvalue weighted by atomic mass is 32.2. The summed E-state index contributed by atoms with van der Waals surface area (Å²) in [4.78, 5) is 25.3. The maximum Gasteiger partial charge on any atom is 0.260 e. The van der Waals surface area contributed by atoms with Gasteiger partial charge < -0.3 is 20.2 Å². The number of fused-ring (bicyclic) bond motifs is 2. The Morgan fingerprint density at radius 2 is 2.16 bits per heavy atom. The number of thioether (sulfide) groups is 1. The fourth-order valence-electron chi connectivity index (χ4n) is 4.55. The van der Waals surface area contributed by atoms with Gasteiger partial charge in [0.1, 0.15) is 11.7 Å². The van der Waals surface area contributed by atoms with Crippen LogP contribution in [0.2, 0.25) is 0 Å². The lowest BCUT2D eigenvalue weighted by Gasteiger charge is -2.40. The Kier molecular flexibility index (Phi) is 4.42. The number of carbonyl (C=O) groups is 1. The molecule has 2 N–H and O–H groups in total. The molecule has 4 heterocycles. The van der Waals surface area contributed by atoms with Gasteiger partial charge in [0.15, 0.2) is 0 Å². The first-order chi connectivity index (χ1) is 15.4. The number of aromatic nitrogens is 4. The van der Waals surface area contributed by atoms with E-state index in [0.29, 0.717) is 19.0 Å². The van der Waals surface area contributed by atoms with Crippen LogP contribution >= 0.6 is 11.8 Å². The van der Waals surface area contributed by atoms with E-state index in [1.54, 1.807) is 33.7 Å². The number of aliphatic hydroxyl groups excluding tert-OH is 1. The van der Waals surface area contributed by atoms with Gasteiger partial charge in [-0.2, -0.15) is 10.1 Å². The summed E-state index contributed by atoms with van der Waals surface area (Å²) in [7, 11) is 0. The van der Waals surface area contributed by atoms with Crippen molar-refractivity contribution in [3.8, 4) is 0 Å². The molecule has 0 radical (unpaired) electrons. The summed E-state index contributed by atoms with van der Waals surface area (Å²) in [6.45, 7) is 1.16. The number of nitrogens with zero attached hydrogens (tertiary/aromatic N) is 6. The van der Waals surface area contributed by atoms with E-state index in [4.69, 9.17) is 0 Å². The summed E-state index contributed by atoms with van der Waals surface area (Å²) >= 11 is 1.64. The summed E-state index contributed by atoms with van der Waals surface area (Å²) in [5, 5.41) is 16.9. The molecule has 0 aromatic carbocycles. The molecule has 3 atom stereocenters. The number of alkyl halides is 2. The molecule has 9 nitrogen and oxygen atoms in total. The van der Waals surface area contributed by atoms with Gasteiger partial charge >= 0.3 is 0 Å². The van der Waals surface area contributed by atoms with Crippen molar-refractivity contribution in [1.29, 1.82) is 0 Å². The van der Waals surface area contributed by atoms with E-state index in [0.717, 1.165) is 30.1 Å². The van der Waals surface area contributed by atoms with E-state index >= 15 is 0 Å². The minimum absolute atomic E-state index is 0.0628. The number of anilines is 3. The maximum atomic E-state index is 13.4. The molecule has 4 fully saturated rings. The minimum Gasteiger partial charge on any atom is -0.394 e. The first kappa shape index (κ1) is 20.2. The number of hydrogen-bond acceptors (Lipinski definition) is 8. The summed E-state index contributed by atoms with van der Waals surface area (Å²) in [5.74, 6) is -2.50. The Morgan fingerprint density at radius 1 is 1.34 bits per heavy atom. The highest BCUT2D eigenvalue weighted by molar-refractivity contribution is 8.00. The molecule has 32 heavy (non-hydrogen) atoms. The van der Waals surface area contributed by atoms with Crippen LogP contribution in [0.15, 0.2) is 24.7 Å². The van der Waals surface area contributed by atoms with Crippen molar-refractivity contribution >= 4 is 35.1 Å². The molecular formula is C20H23F2N7O2S. The average Bonchev–Trinajstić information content (AvgIpc) is 3.62. The molecule has 1 amide bonds. The zero-order valence-electron chi connectivity index (χ0n) is 17.2. The number of carbonyl (C=O) groups excluding carboxylic acids is 1. The van der Waals surface area contributed by atoms with Gasteiger partial charge in [0.2, 0.25) is 11.9 Å². The second-order valence-electron chi connectivity index (χ2n) is 9.03. The van der Waals surface area contributed by atoms with Gasteiger partial charge in [0.25, 0.3) is 5.92 Å². The summed E-state index contributed by atoms with van der Waals surface area (Å²) < 4.78 is 28.6. The van der Waals surface area contributed by atoms with Crippen molar-refractivity contribution < 1.29 is 18.7 Å².